The van der Waals surface area contributed by atoms with Crippen molar-refractivity contribution in [1.29, 1.82) is 0 Å². The molecule has 0 radical (unpaired) electrons. The summed E-state index contributed by atoms with van der Waals surface area (Å²) in [4.78, 5) is 0. The van der Waals surface area contributed by atoms with E-state index in [0.29, 0.717) is 17.9 Å². The van der Waals surface area contributed by atoms with Crippen LogP contribution >= 0.6 is 0 Å². The Morgan fingerprint density at radius 3 is 1.64 bits per heavy atom. The first kappa shape index (κ1) is 11.9. The Balaban J connectivity index is 1.57. The molecule has 0 spiro atoms. The lowest BCUT2D eigenvalue weighted by Gasteiger charge is -2.36. The minimum atomic E-state index is 0.409. The lowest BCUT2D eigenvalue weighted by atomic mass is 9.67. The SMILES string of the molecule is COC1[C@H]2c3ccccc3[C@@H]1[C@H]1[C@@H]2[C@@H]2C[C@H]1c1ccccc12. The van der Waals surface area contributed by atoms with Gasteiger partial charge < -0.3 is 4.74 Å². The van der Waals surface area contributed by atoms with Crippen LogP contribution in [0.4, 0.5) is 0 Å². The molecule has 22 heavy (non-hydrogen) atoms. The third-order valence-corrected chi connectivity index (χ3v) is 7.20. The number of methoxy groups -OCH3 is 1. The predicted molar refractivity (Wildman–Crippen MR) is 86.2 cm³/mol. The molecule has 110 valence electrons. The molecule has 4 aliphatic rings. The monoisotopic (exact) mass is 288 g/mol. The molecule has 1 unspecified atom stereocenters. The maximum atomic E-state index is 6.04. The average Bonchev–Trinajstić information content (AvgIpc) is 3.29. The van der Waals surface area contributed by atoms with Gasteiger partial charge in [-0.1, -0.05) is 48.5 Å². The Kier molecular flexibility index (Phi) is 2.07. The van der Waals surface area contributed by atoms with E-state index in [2.05, 4.69) is 48.5 Å². The summed E-state index contributed by atoms with van der Waals surface area (Å²) in [5.74, 6) is 4.41. The van der Waals surface area contributed by atoms with Gasteiger partial charge in [0.25, 0.3) is 0 Å². The molecule has 1 nitrogen and oxygen atoms in total. The third-order valence-electron chi connectivity index (χ3n) is 7.20. The van der Waals surface area contributed by atoms with Crippen LogP contribution < -0.4 is 0 Å². The van der Waals surface area contributed by atoms with Gasteiger partial charge in [-0.2, -0.15) is 0 Å². The minimum absolute atomic E-state index is 0.409. The third kappa shape index (κ3) is 1.12. The van der Waals surface area contributed by atoms with E-state index >= 15 is 0 Å². The van der Waals surface area contributed by atoms with Gasteiger partial charge in [-0.3, -0.25) is 0 Å². The summed E-state index contributed by atoms with van der Waals surface area (Å²) in [7, 11) is 1.92. The normalized spacial score (nSPS) is 42.3. The lowest BCUT2D eigenvalue weighted by molar-refractivity contribution is 0.0809. The Morgan fingerprint density at radius 2 is 1.18 bits per heavy atom. The highest BCUT2D eigenvalue weighted by Crippen LogP contribution is 2.74. The van der Waals surface area contributed by atoms with Gasteiger partial charge in [0.1, 0.15) is 0 Å². The molecule has 2 saturated carbocycles. The van der Waals surface area contributed by atoms with E-state index in [4.69, 9.17) is 4.74 Å². The predicted octanol–water partition coefficient (Wildman–Crippen LogP) is 4.41. The van der Waals surface area contributed by atoms with Crippen molar-refractivity contribution in [3.8, 4) is 0 Å². The summed E-state index contributed by atoms with van der Waals surface area (Å²) in [5.41, 5.74) is 6.47. The van der Waals surface area contributed by atoms with Gasteiger partial charge in [0.05, 0.1) is 6.10 Å². The second-order valence-electron chi connectivity index (χ2n) is 7.61. The van der Waals surface area contributed by atoms with E-state index in [1.807, 2.05) is 7.11 Å². The van der Waals surface area contributed by atoms with E-state index in [0.717, 1.165) is 23.7 Å². The highest BCUT2D eigenvalue weighted by atomic mass is 16.5. The first-order valence-corrected chi connectivity index (χ1v) is 8.60. The van der Waals surface area contributed by atoms with Crippen LogP contribution in [0, 0.1) is 11.8 Å². The summed E-state index contributed by atoms with van der Waals surface area (Å²) in [6.45, 7) is 0. The van der Waals surface area contributed by atoms with Crippen LogP contribution in [0.25, 0.3) is 0 Å². The van der Waals surface area contributed by atoms with Crippen molar-refractivity contribution in [3.05, 3.63) is 70.8 Å². The number of rotatable bonds is 1. The van der Waals surface area contributed by atoms with Crippen molar-refractivity contribution >= 4 is 0 Å². The molecule has 1 heteroatoms. The smallest absolute Gasteiger partial charge is 0.0714 e. The molecule has 2 aromatic carbocycles. The Labute approximate surface area is 131 Å². The van der Waals surface area contributed by atoms with Crippen LogP contribution in [-0.2, 0) is 4.74 Å². The van der Waals surface area contributed by atoms with E-state index in [9.17, 15) is 0 Å². The fraction of sp³-hybridized carbons (Fsp3) is 0.429. The summed E-state index contributed by atoms with van der Waals surface area (Å²) in [6, 6.07) is 18.4. The molecule has 0 aromatic heterocycles. The second kappa shape index (κ2) is 3.83. The molecular formula is C21H20O. The Bertz CT molecular complexity index is 717. The molecule has 0 heterocycles. The van der Waals surface area contributed by atoms with Crippen LogP contribution in [0.15, 0.2) is 48.5 Å². The molecule has 0 saturated heterocycles. The van der Waals surface area contributed by atoms with Crippen molar-refractivity contribution in [3.63, 3.8) is 0 Å². The van der Waals surface area contributed by atoms with Gasteiger partial charge in [0.2, 0.25) is 0 Å². The first-order valence-electron chi connectivity index (χ1n) is 8.60. The molecule has 0 amide bonds. The zero-order chi connectivity index (χ0) is 14.4. The number of fused-ring (bicyclic) bond motifs is 15. The largest absolute Gasteiger partial charge is 0.380 e. The minimum Gasteiger partial charge on any atom is -0.380 e. The molecule has 0 aliphatic heterocycles. The Hall–Kier alpha value is -1.60. The number of hydrogen-bond donors (Lipinski definition) is 0. The van der Waals surface area contributed by atoms with E-state index < -0.39 is 0 Å². The average molecular weight is 288 g/mol. The fourth-order valence-electron chi connectivity index (χ4n) is 6.80. The molecule has 2 aromatic rings. The van der Waals surface area contributed by atoms with Crippen molar-refractivity contribution < 1.29 is 4.74 Å². The van der Waals surface area contributed by atoms with Gasteiger partial charge in [-0.25, -0.2) is 0 Å². The molecule has 6 rings (SSSR count). The maximum Gasteiger partial charge on any atom is 0.0714 e. The highest BCUT2D eigenvalue weighted by molar-refractivity contribution is 5.54. The van der Waals surface area contributed by atoms with E-state index in [-0.39, 0.29) is 0 Å². The van der Waals surface area contributed by atoms with E-state index in [1.165, 1.54) is 6.42 Å². The standard InChI is InChI=1S/C21H20O/c1-22-21-19-13-8-4-5-9-14(13)20(21)18-16-10-15(17(18)19)11-6-2-3-7-12(11)16/h2-9,15-21H,10H2,1H3/t15-,16+,17+,18-,19+,20-,21?. The van der Waals surface area contributed by atoms with Gasteiger partial charge in [0.15, 0.2) is 0 Å². The van der Waals surface area contributed by atoms with Gasteiger partial charge in [-0.05, 0) is 52.3 Å². The number of ether oxygens (including phenoxy) is 1. The van der Waals surface area contributed by atoms with Gasteiger partial charge in [0, 0.05) is 18.9 Å². The molecule has 0 N–H and O–H groups in total. The van der Waals surface area contributed by atoms with E-state index in [1.54, 1.807) is 22.3 Å². The first-order chi connectivity index (χ1) is 10.9. The zero-order valence-electron chi connectivity index (χ0n) is 12.8. The zero-order valence-corrected chi connectivity index (χ0v) is 12.8. The highest BCUT2D eigenvalue weighted by Gasteiger charge is 2.67. The maximum absolute atomic E-state index is 6.04. The summed E-state index contributed by atoms with van der Waals surface area (Å²) < 4.78 is 6.04. The fourth-order valence-corrected chi connectivity index (χ4v) is 6.80. The van der Waals surface area contributed by atoms with Crippen molar-refractivity contribution in [2.24, 2.45) is 11.8 Å². The molecule has 7 atom stereocenters. The van der Waals surface area contributed by atoms with Crippen molar-refractivity contribution in [2.75, 3.05) is 7.11 Å². The lowest BCUT2D eigenvalue weighted by Crippen LogP contribution is -2.26. The number of benzene rings is 2. The summed E-state index contributed by atoms with van der Waals surface area (Å²) in [6.07, 6.45) is 1.79. The summed E-state index contributed by atoms with van der Waals surface area (Å²) in [5, 5.41) is 0. The van der Waals surface area contributed by atoms with Crippen LogP contribution in [0.1, 0.15) is 52.3 Å². The van der Waals surface area contributed by atoms with Crippen LogP contribution in [-0.4, -0.2) is 13.2 Å². The van der Waals surface area contributed by atoms with Crippen LogP contribution in [0.5, 0.6) is 0 Å². The molecule has 2 fully saturated rings. The van der Waals surface area contributed by atoms with Gasteiger partial charge >= 0.3 is 0 Å². The molecule has 4 aliphatic carbocycles. The topological polar surface area (TPSA) is 9.23 Å². The number of hydrogen-bond acceptors (Lipinski definition) is 1. The second-order valence-corrected chi connectivity index (χ2v) is 7.61. The quantitative estimate of drug-likeness (QED) is 0.706. The van der Waals surface area contributed by atoms with Crippen LogP contribution in [0.3, 0.4) is 0 Å². The molecule has 4 bridgehead atoms. The van der Waals surface area contributed by atoms with Crippen LogP contribution in [0.2, 0.25) is 0 Å². The van der Waals surface area contributed by atoms with Crippen molar-refractivity contribution in [2.45, 2.75) is 36.2 Å². The Morgan fingerprint density at radius 1 is 0.727 bits per heavy atom. The van der Waals surface area contributed by atoms with Gasteiger partial charge in [-0.15, -0.1) is 0 Å². The van der Waals surface area contributed by atoms with Crippen molar-refractivity contribution in [1.82, 2.24) is 0 Å². The summed E-state index contributed by atoms with van der Waals surface area (Å²) >= 11 is 0. The molecular weight excluding hydrogens is 268 g/mol.